The largest absolute Gasteiger partial charge is 0.484 e. The smallest absolute Gasteiger partial charge is 0.322 e. The van der Waals surface area contributed by atoms with Gasteiger partial charge in [0.25, 0.3) is 5.91 Å². The number of carboxylic acid groups (broad SMARTS) is 1. The van der Waals surface area contributed by atoms with Crippen molar-refractivity contribution in [1.82, 2.24) is 26.6 Å². The van der Waals surface area contributed by atoms with Crippen molar-refractivity contribution >= 4 is 46.8 Å². The Kier molecular flexibility index (Phi) is 14.6. The van der Waals surface area contributed by atoms with Crippen molar-refractivity contribution in [2.45, 2.75) is 56.3 Å². The summed E-state index contributed by atoms with van der Waals surface area (Å²) in [6.07, 6.45) is 0.664. The molecule has 4 atom stereocenters. The fourth-order valence-electron chi connectivity index (χ4n) is 6.63. The average Bonchev–Trinajstić information content (AvgIpc) is 3.77. The molecule has 2 aliphatic heterocycles. The van der Waals surface area contributed by atoms with Crippen LogP contribution in [0.4, 0.5) is 0 Å². The summed E-state index contributed by atoms with van der Waals surface area (Å²) in [6.45, 7) is -1.08. The zero-order valence-corrected chi connectivity index (χ0v) is 32.9. The van der Waals surface area contributed by atoms with Crippen LogP contribution < -0.4 is 31.3 Å². The van der Waals surface area contributed by atoms with E-state index in [1.54, 1.807) is 24.3 Å². The van der Waals surface area contributed by atoms with Gasteiger partial charge in [0, 0.05) is 24.1 Å². The predicted octanol–water partition coefficient (Wildman–Crippen LogP) is 3.61. The number of carbonyl (C=O) groups excluding carboxylic acids is 5. The van der Waals surface area contributed by atoms with Crippen molar-refractivity contribution in [2.24, 2.45) is 0 Å². The molecule has 0 spiro atoms. The van der Waals surface area contributed by atoms with Gasteiger partial charge in [-0.15, -0.1) is 11.3 Å². The van der Waals surface area contributed by atoms with Gasteiger partial charge in [-0.25, -0.2) is 0 Å². The third-order valence-electron chi connectivity index (χ3n) is 9.75. The number of aryl methyl sites for hydroxylation is 1. The monoisotopic (exact) mass is 815 g/mol. The molecule has 0 fully saturated rings. The molecule has 0 unspecified atom stereocenters. The Morgan fingerprint density at radius 3 is 1.95 bits per heavy atom. The first-order chi connectivity index (χ1) is 28.6. The molecule has 0 radical (unpaired) electrons. The lowest BCUT2D eigenvalue weighted by Gasteiger charge is -2.27. The molecule has 1 aromatic heterocycles. The Morgan fingerprint density at radius 1 is 0.661 bits per heavy atom. The van der Waals surface area contributed by atoms with E-state index in [1.807, 2.05) is 102 Å². The second-order valence-electron chi connectivity index (χ2n) is 14.1. The van der Waals surface area contributed by atoms with Crippen LogP contribution in [-0.2, 0) is 54.5 Å². The minimum Gasteiger partial charge on any atom is -0.484 e. The Hall–Kier alpha value is -6.80. The van der Waals surface area contributed by atoms with Gasteiger partial charge >= 0.3 is 5.97 Å². The van der Waals surface area contributed by atoms with Crippen molar-refractivity contribution in [3.63, 3.8) is 0 Å². The molecule has 3 heterocycles. The number of hydrogen-bond acceptors (Lipinski definition) is 8. The van der Waals surface area contributed by atoms with E-state index in [9.17, 15) is 33.9 Å². The summed E-state index contributed by atoms with van der Waals surface area (Å²) in [7, 11) is 0. The van der Waals surface area contributed by atoms with Gasteiger partial charge in [-0.05, 0) is 64.2 Å². The van der Waals surface area contributed by atoms with Crippen molar-refractivity contribution in [3.8, 4) is 16.9 Å². The summed E-state index contributed by atoms with van der Waals surface area (Å²) in [4.78, 5) is 81.7. The normalized spacial score (nSPS) is 19.1. The molecule has 5 amide bonds. The van der Waals surface area contributed by atoms with Gasteiger partial charge in [-0.1, -0.05) is 103 Å². The van der Waals surface area contributed by atoms with Crippen LogP contribution in [0.3, 0.4) is 0 Å². The van der Waals surface area contributed by atoms with E-state index in [1.165, 1.54) is 11.3 Å². The second kappa shape index (κ2) is 20.6. The molecule has 2 bridgehead atoms. The van der Waals surface area contributed by atoms with Crippen LogP contribution in [0.1, 0.15) is 28.0 Å². The SMILES string of the molecule is O=C(O)CNC(=O)[C@@H]1Cc2ccc(cc2)OCC(=O)N[C@@H](Cc2cccs2)C(=O)N[C@H](Cc2ccc(-c3ccccc3)cc2)C(=O)N[C@@H](CCc2ccccc2)C(=O)N1. The first-order valence-corrected chi connectivity index (χ1v) is 20.1. The molecule has 13 nitrogen and oxygen atoms in total. The van der Waals surface area contributed by atoms with Crippen molar-refractivity contribution < 1.29 is 38.6 Å². The highest BCUT2D eigenvalue weighted by Gasteiger charge is 2.32. The number of aliphatic carboxylic acids is 1. The Bertz CT molecular complexity index is 2200. The minimum atomic E-state index is -1.26. The van der Waals surface area contributed by atoms with Crippen molar-refractivity contribution in [1.29, 1.82) is 0 Å². The van der Waals surface area contributed by atoms with Crippen LogP contribution in [0.2, 0.25) is 0 Å². The second-order valence-corrected chi connectivity index (χ2v) is 15.2. The van der Waals surface area contributed by atoms with Crippen LogP contribution >= 0.6 is 11.3 Å². The summed E-state index contributed by atoms with van der Waals surface area (Å²) in [5, 5.41) is 24.7. The predicted molar refractivity (Wildman–Crippen MR) is 222 cm³/mol. The molecular weight excluding hydrogens is 771 g/mol. The maximum atomic E-state index is 14.5. The molecule has 5 aromatic rings. The molecule has 0 saturated carbocycles. The van der Waals surface area contributed by atoms with E-state index >= 15 is 0 Å². The van der Waals surface area contributed by atoms with Crippen LogP contribution in [0.25, 0.3) is 11.1 Å². The molecule has 14 heteroatoms. The maximum Gasteiger partial charge on any atom is 0.322 e. The number of hydrogen-bond donors (Lipinski definition) is 6. The lowest BCUT2D eigenvalue weighted by molar-refractivity contribution is -0.138. The Balaban J connectivity index is 1.34. The van der Waals surface area contributed by atoms with Gasteiger partial charge in [-0.2, -0.15) is 0 Å². The molecule has 2 aliphatic rings. The fourth-order valence-corrected chi connectivity index (χ4v) is 7.38. The number of carboxylic acids is 1. The quantitative estimate of drug-likeness (QED) is 0.109. The number of nitrogens with one attached hydrogen (secondary N) is 5. The first kappa shape index (κ1) is 41.8. The van der Waals surface area contributed by atoms with E-state index in [4.69, 9.17) is 4.74 Å². The van der Waals surface area contributed by atoms with Crippen LogP contribution in [-0.4, -0.2) is 77.9 Å². The highest BCUT2D eigenvalue weighted by molar-refractivity contribution is 7.09. The van der Waals surface area contributed by atoms with Crippen LogP contribution in [0.15, 0.2) is 127 Å². The summed E-state index contributed by atoms with van der Waals surface area (Å²) in [5.41, 5.74) is 4.19. The van der Waals surface area contributed by atoms with Crippen LogP contribution in [0, 0.1) is 0 Å². The molecule has 304 valence electrons. The summed E-state index contributed by atoms with van der Waals surface area (Å²) in [6, 6.07) is 32.2. The van der Waals surface area contributed by atoms with E-state index < -0.39 is 72.8 Å². The lowest BCUT2D eigenvalue weighted by Crippen LogP contribution is -2.59. The minimum absolute atomic E-state index is 0.0284. The summed E-state index contributed by atoms with van der Waals surface area (Å²) < 4.78 is 5.73. The summed E-state index contributed by atoms with van der Waals surface area (Å²) >= 11 is 1.42. The molecular formula is C45H45N5O8S. The number of fused-ring (bicyclic) bond motifs is 16. The number of amides is 5. The van der Waals surface area contributed by atoms with Gasteiger partial charge in [0.1, 0.15) is 36.5 Å². The average molecular weight is 816 g/mol. The highest BCUT2D eigenvalue weighted by atomic mass is 32.1. The zero-order chi connectivity index (χ0) is 41.6. The molecule has 59 heavy (non-hydrogen) atoms. The molecule has 0 saturated heterocycles. The zero-order valence-electron chi connectivity index (χ0n) is 32.1. The van der Waals surface area contributed by atoms with Gasteiger partial charge in [0.2, 0.25) is 23.6 Å². The van der Waals surface area contributed by atoms with E-state index in [0.29, 0.717) is 17.7 Å². The fraction of sp³-hybridized carbons (Fsp3) is 0.244. The number of thiophene rings is 1. The number of rotatable bonds is 11. The maximum absolute atomic E-state index is 14.5. The molecule has 4 aromatic carbocycles. The standard InChI is InChI=1S/C45H45N5O8S/c51-40-28-58-34-20-15-31(16-21-34)24-37(42(54)46-27-41(52)53)49-43(55)36(22-17-29-8-3-1-4-9-29)48-44(56)38(50-45(57)39(47-40)26-35-12-7-23-59-35)25-30-13-18-33(19-14-30)32-10-5-2-6-11-32/h1-16,18-21,23,36-39H,17,22,24-28H2,(H,46,54)(H,47,51)(H,48,56)(H,49,55)(H,50,57)(H,52,53)/t36-,37-,38+,39-/m0/s1. The number of benzene rings is 4. The Morgan fingerprint density at radius 2 is 1.29 bits per heavy atom. The molecule has 0 aliphatic carbocycles. The third-order valence-corrected chi connectivity index (χ3v) is 10.6. The Labute approximate surface area is 345 Å². The molecule has 7 rings (SSSR count). The first-order valence-electron chi connectivity index (χ1n) is 19.2. The van der Waals surface area contributed by atoms with Gasteiger partial charge in [-0.3, -0.25) is 28.8 Å². The van der Waals surface area contributed by atoms with Gasteiger partial charge in [0.05, 0.1) is 0 Å². The van der Waals surface area contributed by atoms with E-state index in [0.717, 1.165) is 27.1 Å². The van der Waals surface area contributed by atoms with Gasteiger partial charge in [0.15, 0.2) is 6.61 Å². The highest BCUT2D eigenvalue weighted by Crippen LogP contribution is 2.21. The molecule has 6 N–H and O–H groups in total. The van der Waals surface area contributed by atoms with E-state index in [-0.39, 0.29) is 25.7 Å². The lowest BCUT2D eigenvalue weighted by atomic mass is 9.99. The third kappa shape index (κ3) is 12.6. The van der Waals surface area contributed by atoms with Crippen LogP contribution in [0.5, 0.6) is 5.75 Å². The topological polar surface area (TPSA) is 192 Å². The number of ether oxygens (including phenoxy) is 1. The van der Waals surface area contributed by atoms with Gasteiger partial charge < -0.3 is 36.4 Å². The van der Waals surface area contributed by atoms with E-state index in [2.05, 4.69) is 26.6 Å². The summed E-state index contributed by atoms with van der Waals surface area (Å²) in [5.74, 6) is -4.18. The van der Waals surface area contributed by atoms with Crippen molar-refractivity contribution in [2.75, 3.05) is 13.2 Å². The van der Waals surface area contributed by atoms with Crippen molar-refractivity contribution in [3.05, 3.63) is 148 Å². The number of carbonyl (C=O) groups is 6.